The van der Waals surface area contributed by atoms with Crippen LogP contribution < -0.4 is 5.32 Å². The lowest BCUT2D eigenvalue weighted by Gasteiger charge is -2.10. The molecule has 6 nitrogen and oxygen atoms in total. The molecule has 1 aliphatic rings. The van der Waals surface area contributed by atoms with Crippen LogP contribution in [0.4, 0.5) is 5.00 Å². The standard InChI is InChI=1S/C21H31NO5S/c1-4-26-21(25)19-16(11-14(2)3)13-28-20(19)22-17(23)12-27-18(24)10-9-15-7-5-6-8-15/h13-15H,4-12H2,1-3H3,(H,22,23). The summed E-state index contributed by atoms with van der Waals surface area (Å²) in [6.07, 6.45) is 6.75. The number of carbonyl (C=O) groups is 3. The topological polar surface area (TPSA) is 81.7 Å². The van der Waals surface area contributed by atoms with Crippen molar-refractivity contribution in [2.45, 2.75) is 65.7 Å². The second-order valence-corrected chi connectivity index (χ2v) is 8.56. The highest BCUT2D eigenvalue weighted by Gasteiger charge is 2.23. The third kappa shape index (κ3) is 6.93. The first-order valence-corrected chi connectivity index (χ1v) is 11.0. The molecule has 0 bridgehead atoms. The summed E-state index contributed by atoms with van der Waals surface area (Å²) in [6, 6.07) is 0. The summed E-state index contributed by atoms with van der Waals surface area (Å²) in [7, 11) is 0. The van der Waals surface area contributed by atoms with Crippen molar-refractivity contribution in [3.63, 3.8) is 0 Å². The van der Waals surface area contributed by atoms with Crippen LogP contribution in [0.15, 0.2) is 5.38 Å². The molecule has 0 saturated heterocycles. The number of rotatable bonds is 10. The van der Waals surface area contributed by atoms with Crippen molar-refractivity contribution in [2.75, 3.05) is 18.5 Å². The number of ether oxygens (including phenoxy) is 2. The molecular weight excluding hydrogens is 378 g/mol. The number of esters is 2. The summed E-state index contributed by atoms with van der Waals surface area (Å²) in [5.74, 6) is -0.258. The number of anilines is 1. The quantitative estimate of drug-likeness (QED) is 0.572. The second kappa shape index (κ2) is 11.2. The Hall–Kier alpha value is -1.89. The minimum Gasteiger partial charge on any atom is -0.462 e. The highest BCUT2D eigenvalue weighted by Crippen LogP contribution is 2.31. The Morgan fingerprint density at radius 2 is 1.93 bits per heavy atom. The molecule has 1 amide bonds. The van der Waals surface area contributed by atoms with Gasteiger partial charge in [-0.2, -0.15) is 0 Å². The van der Waals surface area contributed by atoms with E-state index in [4.69, 9.17) is 9.47 Å². The van der Waals surface area contributed by atoms with Gasteiger partial charge in [-0.05, 0) is 42.5 Å². The van der Waals surface area contributed by atoms with Gasteiger partial charge in [0.25, 0.3) is 5.91 Å². The fraction of sp³-hybridized carbons (Fsp3) is 0.667. The van der Waals surface area contributed by atoms with E-state index in [1.54, 1.807) is 6.92 Å². The average Bonchev–Trinajstić information content (AvgIpc) is 3.28. The molecule has 1 aromatic heterocycles. The van der Waals surface area contributed by atoms with Crippen molar-refractivity contribution in [1.82, 2.24) is 0 Å². The molecule has 0 atom stereocenters. The van der Waals surface area contributed by atoms with Crippen LogP contribution >= 0.6 is 11.3 Å². The molecule has 0 aliphatic heterocycles. The van der Waals surface area contributed by atoms with E-state index in [1.165, 1.54) is 37.0 Å². The zero-order chi connectivity index (χ0) is 20.5. The molecule has 0 aromatic carbocycles. The largest absolute Gasteiger partial charge is 0.462 e. The second-order valence-electron chi connectivity index (χ2n) is 7.68. The number of carbonyl (C=O) groups excluding carboxylic acids is 3. The van der Waals surface area contributed by atoms with Crippen LogP contribution in [0.3, 0.4) is 0 Å². The van der Waals surface area contributed by atoms with Crippen molar-refractivity contribution in [3.8, 4) is 0 Å². The molecule has 7 heteroatoms. The molecule has 1 saturated carbocycles. The first kappa shape index (κ1) is 22.4. The fourth-order valence-corrected chi connectivity index (χ4v) is 4.48. The zero-order valence-corrected chi connectivity index (χ0v) is 17.9. The fourth-order valence-electron chi connectivity index (χ4n) is 3.50. The van der Waals surface area contributed by atoms with E-state index in [0.29, 0.717) is 28.8 Å². The average molecular weight is 410 g/mol. The lowest BCUT2D eigenvalue weighted by atomic mass is 10.0. The molecule has 1 aromatic rings. The van der Waals surface area contributed by atoms with Crippen molar-refractivity contribution >= 4 is 34.2 Å². The van der Waals surface area contributed by atoms with Crippen LogP contribution in [-0.4, -0.2) is 31.1 Å². The van der Waals surface area contributed by atoms with E-state index in [-0.39, 0.29) is 19.2 Å². The van der Waals surface area contributed by atoms with E-state index in [1.807, 2.05) is 5.38 Å². The molecule has 1 N–H and O–H groups in total. The summed E-state index contributed by atoms with van der Waals surface area (Å²) in [5.41, 5.74) is 1.27. The Bertz CT molecular complexity index is 676. The molecule has 1 aliphatic carbocycles. The first-order valence-electron chi connectivity index (χ1n) is 10.1. The number of hydrogen-bond acceptors (Lipinski definition) is 6. The van der Waals surface area contributed by atoms with Crippen molar-refractivity contribution < 1.29 is 23.9 Å². The molecule has 28 heavy (non-hydrogen) atoms. The third-order valence-electron chi connectivity index (χ3n) is 4.82. The molecule has 1 fully saturated rings. The van der Waals surface area contributed by atoms with Gasteiger partial charge in [-0.1, -0.05) is 39.5 Å². The van der Waals surface area contributed by atoms with Crippen LogP contribution in [0, 0.1) is 11.8 Å². The number of thiophene rings is 1. The van der Waals surface area contributed by atoms with Crippen LogP contribution in [0.2, 0.25) is 0 Å². The Morgan fingerprint density at radius 1 is 1.21 bits per heavy atom. The van der Waals surface area contributed by atoms with Gasteiger partial charge < -0.3 is 14.8 Å². The Morgan fingerprint density at radius 3 is 2.57 bits per heavy atom. The summed E-state index contributed by atoms with van der Waals surface area (Å²) in [6.45, 7) is 5.80. The Kier molecular flexibility index (Phi) is 8.96. The molecule has 0 spiro atoms. The minimum absolute atomic E-state index is 0.266. The third-order valence-corrected chi connectivity index (χ3v) is 5.77. The van der Waals surface area contributed by atoms with Crippen LogP contribution in [-0.2, 0) is 25.5 Å². The molecular formula is C21H31NO5S. The van der Waals surface area contributed by atoms with Gasteiger partial charge in [0.15, 0.2) is 6.61 Å². The van der Waals surface area contributed by atoms with Crippen molar-refractivity contribution in [2.24, 2.45) is 11.8 Å². The van der Waals surface area contributed by atoms with E-state index < -0.39 is 11.9 Å². The van der Waals surface area contributed by atoms with Crippen LogP contribution in [0.25, 0.3) is 0 Å². The molecule has 1 heterocycles. The predicted octanol–water partition coefficient (Wildman–Crippen LogP) is 4.58. The molecule has 0 unspecified atom stereocenters. The number of hydrogen-bond donors (Lipinski definition) is 1. The predicted molar refractivity (Wildman–Crippen MR) is 110 cm³/mol. The molecule has 156 valence electrons. The minimum atomic E-state index is -0.447. The van der Waals surface area contributed by atoms with E-state index in [0.717, 1.165) is 18.4 Å². The lowest BCUT2D eigenvalue weighted by molar-refractivity contribution is -0.147. The van der Waals surface area contributed by atoms with Crippen LogP contribution in [0.5, 0.6) is 0 Å². The van der Waals surface area contributed by atoms with Crippen LogP contribution in [0.1, 0.15) is 75.2 Å². The normalized spacial score (nSPS) is 14.3. The highest BCUT2D eigenvalue weighted by molar-refractivity contribution is 7.15. The summed E-state index contributed by atoms with van der Waals surface area (Å²) in [5, 5.41) is 5.01. The lowest BCUT2D eigenvalue weighted by Crippen LogP contribution is -2.22. The van der Waals surface area contributed by atoms with E-state index in [9.17, 15) is 14.4 Å². The maximum Gasteiger partial charge on any atom is 0.341 e. The first-order chi connectivity index (χ1) is 13.4. The van der Waals surface area contributed by atoms with Gasteiger partial charge in [-0.15, -0.1) is 11.3 Å². The van der Waals surface area contributed by atoms with Gasteiger partial charge in [-0.3, -0.25) is 9.59 Å². The maximum atomic E-state index is 12.3. The zero-order valence-electron chi connectivity index (χ0n) is 17.0. The molecule has 0 radical (unpaired) electrons. The maximum absolute atomic E-state index is 12.3. The Balaban J connectivity index is 1.88. The van der Waals surface area contributed by atoms with Crippen molar-refractivity contribution in [3.05, 3.63) is 16.5 Å². The van der Waals surface area contributed by atoms with Gasteiger partial charge in [0.05, 0.1) is 12.2 Å². The summed E-state index contributed by atoms with van der Waals surface area (Å²) in [4.78, 5) is 36.4. The monoisotopic (exact) mass is 409 g/mol. The van der Waals surface area contributed by atoms with Crippen molar-refractivity contribution in [1.29, 1.82) is 0 Å². The van der Waals surface area contributed by atoms with Gasteiger partial charge >= 0.3 is 11.9 Å². The summed E-state index contributed by atoms with van der Waals surface area (Å²) < 4.78 is 10.2. The smallest absolute Gasteiger partial charge is 0.341 e. The van der Waals surface area contributed by atoms with Gasteiger partial charge in [0.1, 0.15) is 5.00 Å². The summed E-state index contributed by atoms with van der Waals surface area (Å²) >= 11 is 1.29. The van der Waals surface area contributed by atoms with Gasteiger partial charge in [-0.25, -0.2) is 4.79 Å². The number of nitrogens with one attached hydrogen (secondary N) is 1. The number of amides is 1. The van der Waals surface area contributed by atoms with Gasteiger partial charge in [0.2, 0.25) is 0 Å². The SMILES string of the molecule is CCOC(=O)c1c(CC(C)C)csc1NC(=O)COC(=O)CCC1CCCC1. The molecule has 2 rings (SSSR count). The Labute approximate surface area is 171 Å². The van der Waals surface area contributed by atoms with E-state index >= 15 is 0 Å². The highest BCUT2D eigenvalue weighted by atomic mass is 32.1. The van der Waals surface area contributed by atoms with E-state index in [2.05, 4.69) is 19.2 Å². The van der Waals surface area contributed by atoms with Gasteiger partial charge in [0, 0.05) is 6.42 Å².